The zero-order chi connectivity index (χ0) is 22.8. The van der Waals surface area contributed by atoms with Crippen LogP contribution in [0.25, 0.3) is 6.08 Å². The Hall–Kier alpha value is -3.12. The number of esters is 1. The zero-order valence-electron chi connectivity index (χ0n) is 18.8. The van der Waals surface area contributed by atoms with Crippen molar-refractivity contribution < 1.29 is 24.2 Å². The van der Waals surface area contributed by atoms with Crippen molar-refractivity contribution >= 4 is 17.8 Å². The van der Waals surface area contributed by atoms with E-state index in [0.29, 0.717) is 42.1 Å². The molecule has 6 heteroatoms. The lowest BCUT2D eigenvalue weighted by atomic mass is 9.96. The third-order valence-electron chi connectivity index (χ3n) is 6.07. The first-order chi connectivity index (χ1) is 15.4. The predicted molar refractivity (Wildman–Crippen MR) is 122 cm³/mol. The number of fused-ring (bicyclic) bond motifs is 1. The number of likely N-dealkylation sites (tertiary alicyclic amines) is 1. The number of Topliss-reactive ketones (excluding diaryl/α,β-unsaturated/α-hetero) is 1. The van der Waals surface area contributed by atoms with Gasteiger partial charge in [0.05, 0.1) is 23.7 Å². The molecule has 0 bridgehead atoms. The van der Waals surface area contributed by atoms with Crippen molar-refractivity contribution in [1.29, 1.82) is 0 Å². The van der Waals surface area contributed by atoms with E-state index < -0.39 is 0 Å². The number of hydrogen-bond acceptors (Lipinski definition) is 6. The normalized spacial score (nSPS) is 19.7. The number of aryl methyl sites for hydroxylation is 2. The largest absolute Gasteiger partial charge is 0.507 e. The Bertz CT molecular complexity index is 1090. The number of phenols is 1. The van der Waals surface area contributed by atoms with E-state index in [2.05, 4.69) is 4.90 Å². The van der Waals surface area contributed by atoms with E-state index in [-0.39, 0.29) is 29.2 Å². The summed E-state index contributed by atoms with van der Waals surface area (Å²) >= 11 is 0. The maximum absolute atomic E-state index is 13.1. The van der Waals surface area contributed by atoms with Gasteiger partial charge in [0.1, 0.15) is 11.5 Å². The Morgan fingerprint density at radius 2 is 2.12 bits per heavy atom. The second kappa shape index (κ2) is 9.17. The van der Waals surface area contributed by atoms with Crippen molar-refractivity contribution in [3.63, 3.8) is 0 Å². The van der Waals surface area contributed by atoms with Gasteiger partial charge in [-0.05, 0) is 63.4 Å². The average molecular weight is 436 g/mol. The smallest absolute Gasteiger partial charge is 0.310 e. The first-order valence-electron chi connectivity index (χ1n) is 11.1. The quantitative estimate of drug-likeness (QED) is 0.554. The summed E-state index contributed by atoms with van der Waals surface area (Å²) in [6.07, 6.45) is 3.41. The highest BCUT2D eigenvalue weighted by atomic mass is 16.5. The highest BCUT2D eigenvalue weighted by Gasteiger charge is 2.35. The maximum Gasteiger partial charge on any atom is 0.310 e. The summed E-state index contributed by atoms with van der Waals surface area (Å²) < 4.78 is 11.2. The standard InChI is InChI=1S/C26H29NO5/c1-4-31-26(30)19-9-6-10-27(14-19)15-20-21(28)12-17(3)23-24(29)22(32-25(20)23)13-18-8-5-7-16(2)11-18/h5,7-8,11-13,19,28H,4,6,9-10,14-15H2,1-3H3/b22-13-. The minimum absolute atomic E-state index is 0.101. The number of piperidine rings is 1. The van der Waals surface area contributed by atoms with Crippen LogP contribution in [0, 0.1) is 19.8 Å². The molecule has 0 spiro atoms. The van der Waals surface area contributed by atoms with Crippen LogP contribution in [0.4, 0.5) is 0 Å². The van der Waals surface area contributed by atoms with Gasteiger partial charge in [-0.1, -0.05) is 29.8 Å². The lowest BCUT2D eigenvalue weighted by Gasteiger charge is -2.31. The van der Waals surface area contributed by atoms with Crippen LogP contribution in [0.1, 0.15) is 52.4 Å². The summed E-state index contributed by atoms with van der Waals surface area (Å²) in [6, 6.07) is 9.47. The SMILES string of the molecule is CCOC(=O)C1CCCN(Cc2c(O)cc(C)c3c2O/C(=C\c2cccc(C)c2)C3=O)C1. The number of ether oxygens (including phenoxy) is 2. The Balaban J connectivity index is 1.62. The van der Waals surface area contributed by atoms with Crippen LogP contribution in [-0.4, -0.2) is 41.5 Å². The van der Waals surface area contributed by atoms with Crippen molar-refractivity contribution in [3.8, 4) is 11.5 Å². The Kier molecular flexibility index (Phi) is 6.33. The minimum atomic E-state index is -0.177. The molecule has 2 heterocycles. The van der Waals surface area contributed by atoms with Crippen molar-refractivity contribution in [2.45, 2.75) is 40.2 Å². The van der Waals surface area contributed by atoms with Gasteiger partial charge in [-0.2, -0.15) is 0 Å². The first kappa shape index (κ1) is 22.1. The number of ketones is 1. The molecule has 2 aromatic carbocycles. The van der Waals surface area contributed by atoms with Gasteiger partial charge in [-0.3, -0.25) is 14.5 Å². The third kappa shape index (κ3) is 4.41. The van der Waals surface area contributed by atoms with Crippen molar-refractivity contribution in [2.24, 2.45) is 5.92 Å². The number of hydrogen-bond donors (Lipinski definition) is 1. The summed E-state index contributed by atoms with van der Waals surface area (Å²) in [7, 11) is 0. The fraction of sp³-hybridized carbons (Fsp3) is 0.385. The summed E-state index contributed by atoms with van der Waals surface area (Å²) in [4.78, 5) is 27.4. The molecule has 0 aromatic heterocycles. The lowest BCUT2D eigenvalue weighted by Crippen LogP contribution is -2.39. The Morgan fingerprint density at radius 3 is 2.88 bits per heavy atom. The van der Waals surface area contributed by atoms with Crippen LogP contribution < -0.4 is 4.74 Å². The maximum atomic E-state index is 13.1. The fourth-order valence-electron chi connectivity index (χ4n) is 4.52. The van der Waals surface area contributed by atoms with Crippen LogP contribution in [0.15, 0.2) is 36.1 Å². The van der Waals surface area contributed by atoms with Gasteiger partial charge >= 0.3 is 5.97 Å². The molecule has 1 N–H and O–H groups in total. The van der Waals surface area contributed by atoms with Crippen molar-refractivity contribution in [3.05, 3.63) is 63.9 Å². The Labute approximate surface area is 188 Å². The monoisotopic (exact) mass is 435 g/mol. The molecule has 32 heavy (non-hydrogen) atoms. The van der Waals surface area contributed by atoms with E-state index in [9.17, 15) is 14.7 Å². The highest BCUT2D eigenvalue weighted by Crippen LogP contribution is 2.42. The number of benzene rings is 2. The molecule has 1 unspecified atom stereocenters. The number of carbonyl (C=O) groups excluding carboxylic acids is 2. The van der Waals surface area contributed by atoms with Gasteiger partial charge in [-0.25, -0.2) is 0 Å². The van der Waals surface area contributed by atoms with Crippen LogP contribution in [0.3, 0.4) is 0 Å². The van der Waals surface area contributed by atoms with Crippen molar-refractivity contribution in [1.82, 2.24) is 4.90 Å². The van der Waals surface area contributed by atoms with Gasteiger partial charge in [0.2, 0.25) is 5.78 Å². The van der Waals surface area contributed by atoms with E-state index in [1.807, 2.05) is 38.1 Å². The zero-order valence-corrected chi connectivity index (χ0v) is 18.8. The molecule has 1 fully saturated rings. The van der Waals surface area contributed by atoms with Gasteiger partial charge in [-0.15, -0.1) is 0 Å². The van der Waals surface area contributed by atoms with E-state index in [1.54, 1.807) is 19.1 Å². The number of phenolic OH excluding ortho intramolecular Hbond substituents is 1. The second-order valence-electron chi connectivity index (χ2n) is 8.58. The molecule has 2 aromatic rings. The van der Waals surface area contributed by atoms with Gasteiger partial charge in [0.15, 0.2) is 5.76 Å². The molecule has 0 radical (unpaired) electrons. The Morgan fingerprint density at radius 1 is 1.31 bits per heavy atom. The van der Waals surface area contributed by atoms with Gasteiger partial charge in [0.25, 0.3) is 0 Å². The number of nitrogens with zero attached hydrogens (tertiary/aromatic N) is 1. The van der Waals surface area contributed by atoms with Crippen LogP contribution in [-0.2, 0) is 16.1 Å². The minimum Gasteiger partial charge on any atom is -0.507 e. The van der Waals surface area contributed by atoms with Gasteiger partial charge < -0.3 is 14.6 Å². The number of aromatic hydroxyl groups is 1. The van der Waals surface area contributed by atoms with Crippen LogP contribution in [0.5, 0.6) is 11.5 Å². The third-order valence-corrected chi connectivity index (χ3v) is 6.07. The summed E-state index contributed by atoms with van der Waals surface area (Å²) in [5, 5.41) is 10.7. The molecule has 2 aliphatic heterocycles. The highest BCUT2D eigenvalue weighted by molar-refractivity contribution is 6.15. The van der Waals surface area contributed by atoms with E-state index in [4.69, 9.17) is 9.47 Å². The molecular weight excluding hydrogens is 406 g/mol. The van der Waals surface area contributed by atoms with Crippen LogP contribution >= 0.6 is 0 Å². The molecule has 168 valence electrons. The molecule has 2 aliphatic rings. The molecule has 4 rings (SSSR count). The second-order valence-corrected chi connectivity index (χ2v) is 8.58. The molecule has 6 nitrogen and oxygen atoms in total. The number of rotatable bonds is 5. The number of allylic oxidation sites excluding steroid dienone is 1. The van der Waals surface area contributed by atoms with E-state index >= 15 is 0 Å². The van der Waals surface area contributed by atoms with Gasteiger partial charge in [0, 0.05) is 13.1 Å². The summed E-state index contributed by atoms with van der Waals surface area (Å²) in [5.74, 6) is 0.245. The molecule has 1 saturated heterocycles. The predicted octanol–water partition coefficient (Wildman–Crippen LogP) is 4.40. The molecule has 0 aliphatic carbocycles. The molecular formula is C26H29NO5. The van der Waals surface area contributed by atoms with Crippen LogP contribution in [0.2, 0.25) is 0 Å². The lowest BCUT2D eigenvalue weighted by molar-refractivity contribution is -0.150. The number of carbonyl (C=O) groups is 2. The average Bonchev–Trinajstić information content (AvgIpc) is 3.08. The fourth-order valence-corrected chi connectivity index (χ4v) is 4.52. The summed E-state index contributed by atoms with van der Waals surface area (Å²) in [5.41, 5.74) is 3.74. The first-order valence-corrected chi connectivity index (χ1v) is 11.1. The van der Waals surface area contributed by atoms with Crippen molar-refractivity contribution in [2.75, 3.05) is 19.7 Å². The molecule has 0 saturated carbocycles. The molecule has 1 atom stereocenters. The summed E-state index contributed by atoms with van der Waals surface area (Å²) in [6.45, 7) is 7.73. The van der Waals surface area contributed by atoms with E-state index in [0.717, 1.165) is 30.5 Å². The van der Waals surface area contributed by atoms with E-state index in [1.165, 1.54) is 0 Å². The topological polar surface area (TPSA) is 76.1 Å². The molecule has 0 amide bonds.